The van der Waals surface area contributed by atoms with E-state index in [9.17, 15) is 39.6 Å². The van der Waals surface area contributed by atoms with Gasteiger partial charge in [0.2, 0.25) is 23.6 Å². The minimum atomic E-state index is -0.156. The fourth-order valence-electron chi connectivity index (χ4n) is 14.1. The van der Waals surface area contributed by atoms with Crippen LogP contribution in [0.4, 0.5) is 23.3 Å². The smallest absolute Gasteiger partial charge is 0.228 e. The van der Waals surface area contributed by atoms with Crippen molar-refractivity contribution >= 4 is 71.2 Å². The molecular weight excluding hydrogens is 1350 g/mol. The lowest BCUT2D eigenvalue weighted by Crippen LogP contribution is -2.22. The maximum Gasteiger partial charge on any atom is 0.228 e. The van der Waals surface area contributed by atoms with E-state index in [2.05, 4.69) is 32.3 Å². The quantitative estimate of drug-likeness (QED) is 0.0396. The van der Waals surface area contributed by atoms with E-state index >= 15 is 0 Å². The Hall–Kier alpha value is -10.1. The van der Waals surface area contributed by atoms with Crippen LogP contribution >= 0.6 is 0 Å². The molecule has 0 saturated heterocycles. The Morgan fingerprint density at radius 3 is 1.00 bits per heavy atom. The number of rotatable bonds is 18. The molecule has 4 aromatic carbocycles. The van der Waals surface area contributed by atoms with E-state index in [1.165, 1.54) is 48.4 Å². The highest BCUT2D eigenvalue weighted by molar-refractivity contribution is 5.95. The molecule has 5 aliphatic rings. The Kier molecular flexibility index (Phi) is 27.6. The first-order chi connectivity index (χ1) is 51.8. The van der Waals surface area contributed by atoms with Crippen molar-refractivity contribution in [2.24, 2.45) is 17.8 Å². The maximum absolute atomic E-state index is 12.7. The fraction of sp³-hybridized carbons (Fsp3) is 0.409. The van der Waals surface area contributed by atoms with Gasteiger partial charge in [0.15, 0.2) is 23.3 Å². The van der Waals surface area contributed by atoms with Crippen LogP contribution in [-0.4, -0.2) is 83.9 Å². The number of allylic oxidation sites excluding steroid dienone is 4. The summed E-state index contributed by atoms with van der Waals surface area (Å²) in [4.78, 5) is 87.4. The zero-order valence-corrected chi connectivity index (χ0v) is 65.1. The largest absolute Gasteiger partial charge is 0.392 e. The molecule has 108 heavy (non-hydrogen) atoms. The Morgan fingerprint density at radius 2 is 0.713 bits per heavy atom. The number of anilines is 4. The Bertz CT molecular complexity index is 4800. The third-order valence-corrected chi connectivity index (χ3v) is 19.5. The van der Waals surface area contributed by atoms with Gasteiger partial charge in [0.1, 0.15) is 22.8 Å². The van der Waals surface area contributed by atoms with Crippen molar-refractivity contribution in [2.45, 2.75) is 219 Å². The number of carbonyl (C=O) groups is 4. The van der Waals surface area contributed by atoms with E-state index in [1.54, 1.807) is 0 Å². The molecule has 4 heterocycles. The van der Waals surface area contributed by atoms with Crippen LogP contribution in [0.5, 0.6) is 0 Å². The summed E-state index contributed by atoms with van der Waals surface area (Å²) in [7, 11) is 0. The van der Waals surface area contributed by atoms with Gasteiger partial charge in [-0.15, -0.1) is 0 Å². The first kappa shape index (κ1) is 80.4. The number of fused-ring (bicyclic) bond motifs is 12. The van der Waals surface area contributed by atoms with Crippen molar-refractivity contribution in [1.29, 1.82) is 0 Å². The summed E-state index contributed by atoms with van der Waals surface area (Å²) < 4.78 is 0. The number of aromatic nitrogens is 8. The zero-order valence-electron chi connectivity index (χ0n) is 65.1. The zero-order chi connectivity index (χ0) is 77.5. The number of carbonyl (C=O) groups excluding carboxylic acids is 4. The highest BCUT2D eigenvalue weighted by Crippen LogP contribution is 2.39. The molecule has 20 heteroatoms. The number of amides is 4. The van der Waals surface area contributed by atoms with Crippen molar-refractivity contribution in [1.82, 2.24) is 39.9 Å². The summed E-state index contributed by atoms with van der Waals surface area (Å²) >= 11 is 0. The number of benzene rings is 4. The monoisotopic (exact) mass is 1460 g/mol. The predicted molar refractivity (Wildman–Crippen MR) is 431 cm³/mol. The Labute approximate surface area is 635 Å². The van der Waals surface area contributed by atoms with Crippen LogP contribution in [0.3, 0.4) is 0 Å². The van der Waals surface area contributed by atoms with E-state index in [-0.39, 0.29) is 61.9 Å². The van der Waals surface area contributed by atoms with Gasteiger partial charge < -0.3 is 41.7 Å². The standard InChI is InChI=1S/C25H31N3O2.2C22H27N3O2.C19H21N3O2/c1-16(2)12-22-25(28-23(30)14-17-6-4-3-5-7-17)27-21-11-9-19-13-18(15-29)8-10-20(19)24(21)26-22;1-13(2)9-19-22(25-20(27)10-14(3)4)24-18-8-6-16-11-15(12-26)5-7-17(16)21(18)23-19;1-5-14(4)22(27)25-21-19(10-13(2)3)23-20-17-8-6-15(12-26)11-16(17)7-9-18(20)24-21;1-11(2)8-17-19(20-12(3)24)22-16-7-5-14-9-13(10-23)4-6-15(14)18(16)21-17/h8,10,12-13,17,29H,3-7,9,11,14-15H2,1-2H3,(H,27,28,30);5,7,9,11,14,26H,6,8,10,12H2,1-4H3,(H,24,25,27);6,8,10-11,14,26H,5,7,9,12H2,1-4H3,(H,24,25,27);4,6,8-9,23H,5,7,10H2,1-3H3,(H,20,22,24). The third-order valence-electron chi connectivity index (χ3n) is 19.5. The van der Waals surface area contributed by atoms with Gasteiger partial charge in [0, 0.05) is 47.9 Å². The highest BCUT2D eigenvalue weighted by atomic mass is 16.3. The number of nitrogens with zero attached hydrogens (tertiary/aromatic N) is 8. The second kappa shape index (κ2) is 37.1. The number of aryl methyl sites for hydroxylation is 8. The first-order valence-corrected chi connectivity index (χ1v) is 38.1. The maximum atomic E-state index is 12.7. The Balaban J connectivity index is 0.000000154. The number of nitrogens with one attached hydrogen (secondary N) is 4. The second-order valence-corrected chi connectivity index (χ2v) is 30.4. The van der Waals surface area contributed by atoms with Gasteiger partial charge in [-0.2, -0.15) is 0 Å². The number of aliphatic hydroxyl groups excluding tert-OH is 4. The van der Waals surface area contributed by atoms with Crippen molar-refractivity contribution < 1.29 is 39.6 Å². The van der Waals surface area contributed by atoms with E-state index in [1.807, 2.05) is 174 Å². The van der Waals surface area contributed by atoms with Gasteiger partial charge in [0.25, 0.3) is 0 Å². The number of hydrogen-bond acceptors (Lipinski definition) is 16. The van der Waals surface area contributed by atoms with Gasteiger partial charge in [-0.25, -0.2) is 39.9 Å². The average Bonchev–Trinajstić information content (AvgIpc) is 0.790. The molecule has 5 aliphatic carbocycles. The molecule has 13 rings (SSSR count). The van der Waals surface area contributed by atoms with Gasteiger partial charge >= 0.3 is 0 Å². The van der Waals surface area contributed by atoms with Gasteiger partial charge in [-0.05, 0) is 207 Å². The van der Waals surface area contributed by atoms with E-state index < -0.39 is 0 Å². The molecule has 0 bridgehead atoms. The molecule has 0 radical (unpaired) electrons. The van der Waals surface area contributed by atoms with Crippen molar-refractivity contribution in [3.05, 3.63) is 185 Å². The molecule has 1 fully saturated rings. The average molecular weight is 1460 g/mol. The molecule has 566 valence electrons. The van der Waals surface area contributed by atoms with Crippen LogP contribution in [0, 0.1) is 17.8 Å². The van der Waals surface area contributed by atoms with Gasteiger partial charge in [-0.3, -0.25) is 19.2 Å². The molecule has 0 aliphatic heterocycles. The van der Waals surface area contributed by atoms with Crippen LogP contribution in [0.1, 0.15) is 231 Å². The number of hydrogen-bond donors (Lipinski definition) is 8. The van der Waals surface area contributed by atoms with Crippen LogP contribution in [-0.2, 0) is 97.0 Å². The normalized spacial score (nSPS) is 13.5. The van der Waals surface area contributed by atoms with Gasteiger partial charge in [-0.1, -0.05) is 142 Å². The first-order valence-electron chi connectivity index (χ1n) is 38.1. The van der Waals surface area contributed by atoms with Crippen molar-refractivity contribution in [3.8, 4) is 45.0 Å². The highest BCUT2D eigenvalue weighted by Gasteiger charge is 2.28. The SMILES string of the molecule is CC(=O)Nc1nc2c(nc1C=C(C)C)-c1ccc(CO)cc1CC2.CC(C)=Cc1nc2c(nc1NC(=O)CC(C)C)CCc1cc(CO)ccc1-2.CC(C)=Cc1nc2c(nc1NC(=O)CC1CCCCC1)CCc1cc(CO)ccc1-2.CCC(C)C(=O)Nc1nc2c(nc1C=C(C)C)-c1ccc(CO)cc1CC2. The molecule has 20 nitrogen and oxygen atoms in total. The summed E-state index contributed by atoms with van der Waals surface area (Å²) in [5.41, 5.74) is 26.9. The summed E-state index contributed by atoms with van der Waals surface area (Å²) in [6.45, 7) is 25.6. The lowest BCUT2D eigenvalue weighted by molar-refractivity contribution is -0.119. The molecule has 1 saturated carbocycles. The number of aliphatic hydroxyl groups is 4. The van der Waals surface area contributed by atoms with Crippen LogP contribution in [0.15, 0.2) is 95.1 Å². The molecule has 4 amide bonds. The third kappa shape index (κ3) is 20.8. The van der Waals surface area contributed by atoms with Crippen LogP contribution < -0.4 is 21.3 Å². The summed E-state index contributed by atoms with van der Waals surface area (Å²) in [5.74, 6) is 2.69. The molecule has 4 aromatic heterocycles. The van der Waals surface area contributed by atoms with Crippen LogP contribution in [0.25, 0.3) is 69.3 Å². The predicted octanol–water partition coefficient (Wildman–Crippen LogP) is 16.5. The minimum absolute atomic E-state index is 0.0287. The molecule has 1 unspecified atom stereocenters. The van der Waals surface area contributed by atoms with Crippen molar-refractivity contribution in [2.75, 3.05) is 21.3 Å². The topological polar surface area (TPSA) is 300 Å². The van der Waals surface area contributed by atoms with Crippen LogP contribution in [0.2, 0.25) is 0 Å². The van der Waals surface area contributed by atoms with E-state index in [4.69, 9.17) is 34.9 Å². The van der Waals surface area contributed by atoms with Crippen molar-refractivity contribution in [3.63, 3.8) is 0 Å². The molecule has 8 aromatic rings. The molecular formula is C88H106N12O8. The summed E-state index contributed by atoms with van der Waals surface area (Å²) in [6, 6.07) is 23.9. The lowest BCUT2D eigenvalue weighted by Gasteiger charge is -2.22. The fourth-order valence-corrected chi connectivity index (χ4v) is 14.1. The van der Waals surface area contributed by atoms with E-state index in [0.29, 0.717) is 64.8 Å². The summed E-state index contributed by atoms with van der Waals surface area (Å²) in [6.07, 6.45) is 22.2. The molecule has 8 N–H and O–H groups in total. The summed E-state index contributed by atoms with van der Waals surface area (Å²) in [5, 5.41) is 49.3. The molecule has 1 atom stereocenters. The van der Waals surface area contributed by atoms with E-state index in [0.717, 1.165) is 183 Å². The Morgan fingerprint density at radius 1 is 0.407 bits per heavy atom. The minimum Gasteiger partial charge on any atom is -0.392 e. The van der Waals surface area contributed by atoms with Gasteiger partial charge in [0.05, 0.1) is 72.0 Å². The lowest BCUT2D eigenvalue weighted by atomic mass is 9.87. The second-order valence-electron chi connectivity index (χ2n) is 30.4. The molecule has 0 spiro atoms.